The van der Waals surface area contributed by atoms with Gasteiger partial charge in [-0.25, -0.2) is 4.98 Å². The number of nitrogens with zero attached hydrogens (tertiary/aromatic N) is 4. The van der Waals surface area contributed by atoms with Gasteiger partial charge in [-0.15, -0.1) is 0 Å². The van der Waals surface area contributed by atoms with Gasteiger partial charge in [0.1, 0.15) is 5.75 Å². The topological polar surface area (TPSA) is 50.6 Å². The molecule has 0 N–H and O–H groups in total. The molecule has 2 aromatic carbocycles. The van der Waals surface area contributed by atoms with Gasteiger partial charge in [0.25, 0.3) is 0 Å². The van der Waals surface area contributed by atoms with Crippen molar-refractivity contribution in [2.75, 3.05) is 32.8 Å². The molecule has 1 aliphatic rings. The van der Waals surface area contributed by atoms with E-state index in [0.717, 1.165) is 49.5 Å². The highest BCUT2D eigenvalue weighted by Crippen LogP contribution is 2.16. The Bertz CT molecular complexity index is 943. The lowest BCUT2D eigenvalue weighted by atomic mass is 10.2. The number of amides is 1. The Morgan fingerprint density at radius 2 is 1.79 bits per heavy atom. The van der Waals surface area contributed by atoms with Crippen LogP contribution in [0.2, 0.25) is 0 Å². The molecule has 1 amide bonds. The molecule has 0 spiro atoms. The van der Waals surface area contributed by atoms with Crippen LogP contribution in [0.1, 0.15) is 18.9 Å². The van der Waals surface area contributed by atoms with Gasteiger partial charge in [-0.05, 0) is 36.8 Å². The summed E-state index contributed by atoms with van der Waals surface area (Å²) in [6.45, 7) is 7.67. The number of ether oxygens (including phenoxy) is 1. The highest BCUT2D eigenvalue weighted by Gasteiger charge is 2.21. The summed E-state index contributed by atoms with van der Waals surface area (Å²) in [6, 6.07) is 16.3. The number of para-hydroxylation sites is 2. The maximum atomic E-state index is 12.7. The number of piperazine rings is 1. The molecule has 1 aliphatic heterocycles. The zero-order chi connectivity index (χ0) is 20.1. The van der Waals surface area contributed by atoms with Crippen LogP contribution in [0, 0.1) is 0 Å². The smallest absolute Gasteiger partial charge is 0.224 e. The summed E-state index contributed by atoms with van der Waals surface area (Å²) < 4.78 is 7.57. The van der Waals surface area contributed by atoms with E-state index in [-0.39, 0.29) is 5.91 Å². The number of hydrogen-bond acceptors (Lipinski definition) is 4. The molecule has 2 heterocycles. The fraction of sp³-hybridized carbons (Fsp3) is 0.391. The lowest BCUT2D eigenvalue weighted by molar-refractivity contribution is -0.133. The predicted molar refractivity (Wildman–Crippen MR) is 114 cm³/mol. The van der Waals surface area contributed by atoms with Gasteiger partial charge in [-0.2, -0.15) is 0 Å². The summed E-state index contributed by atoms with van der Waals surface area (Å²) in [5.74, 6) is 1.14. The van der Waals surface area contributed by atoms with Gasteiger partial charge in [0.15, 0.2) is 0 Å². The number of fused-ring (bicyclic) bond motifs is 1. The zero-order valence-electron chi connectivity index (χ0n) is 17.0. The van der Waals surface area contributed by atoms with Crippen LogP contribution in [0.5, 0.6) is 5.75 Å². The molecule has 6 heteroatoms. The Kier molecular flexibility index (Phi) is 6.10. The second-order valence-electron chi connectivity index (χ2n) is 7.41. The van der Waals surface area contributed by atoms with Crippen molar-refractivity contribution in [1.82, 2.24) is 19.4 Å². The first kappa shape index (κ1) is 19.5. The monoisotopic (exact) mass is 392 g/mol. The third kappa shape index (κ3) is 4.77. The van der Waals surface area contributed by atoms with Gasteiger partial charge < -0.3 is 14.2 Å². The van der Waals surface area contributed by atoms with E-state index in [1.807, 2.05) is 54.5 Å². The van der Waals surface area contributed by atoms with E-state index >= 15 is 0 Å². The van der Waals surface area contributed by atoms with Crippen molar-refractivity contribution >= 4 is 16.9 Å². The van der Waals surface area contributed by atoms with E-state index in [2.05, 4.69) is 26.6 Å². The molecule has 1 saturated heterocycles. The number of carbonyl (C=O) groups excluding carboxylic acids is 1. The van der Waals surface area contributed by atoms with E-state index in [1.54, 1.807) is 0 Å². The Hall–Kier alpha value is -2.86. The molecule has 4 rings (SSSR count). The molecule has 0 radical (unpaired) electrons. The van der Waals surface area contributed by atoms with Crippen molar-refractivity contribution in [3.05, 3.63) is 60.4 Å². The van der Waals surface area contributed by atoms with Crippen molar-refractivity contribution in [1.29, 1.82) is 0 Å². The largest absolute Gasteiger partial charge is 0.494 e. The highest BCUT2D eigenvalue weighted by atomic mass is 16.5. The number of carbonyl (C=O) groups is 1. The van der Waals surface area contributed by atoms with Gasteiger partial charge in [-0.3, -0.25) is 9.69 Å². The number of hydrogen-bond donors (Lipinski definition) is 0. The molecule has 0 aliphatic carbocycles. The van der Waals surface area contributed by atoms with E-state index < -0.39 is 0 Å². The van der Waals surface area contributed by atoms with E-state index in [1.165, 1.54) is 5.56 Å². The standard InChI is InChI=1S/C23H28N4O2/c1-2-29-20-9-7-19(8-10-20)17-25-13-15-26(16-14-25)23(28)11-12-27-18-24-21-5-3-4-6-22(21)27/h3-10,18H,2,11-17H2,1H3. The SMILES string of the molecule is CCOc1ccc(CN2CCN(C(=O)CCn3cnc4ccccc43)CC2)cc1. The number of aryl methyl sites for hydroxylation is 1. The van der Waals surface area contributed by atoms with Crippen LogP contribution >= 0.6 is 0 Å². The quantitative estimate of drug-likeness (QED) is 0.620. The van der Waals surface area contributed by atoms with Crippen molar-refractivity contribution < 1.29 is 9.53 Å². The Labute approximate surface area is 171 Å². The molecule has 0 bridgehead atoms. The van der Waals surface area contributed by atoms with Crippen molar-refractivity contribution in [3.8, 4) is 5.75 Å². The number of rotatable bonds is 7. The maximum Gasteiger partial charge on any atom is 0.224 e. The summed E-state index contributed by atoms with van der Waals surface area (Å²) in [7, 11) is 0. The zero-order valence-corrected chi connectivity index (χ0v) is 17.0. The maximum absolute atomic E-state index is 12.7. The molecule has 0 saturated carbocycles. The van der Waals surface area contributed by atoms with Crippen LogP contribution in [0.25, 0.3) is 11.0 Å². The third-order valence-corrected chi connectivity index (χ3v) is 5.46. The molecule has 0 unspecified atom stereocenters. The Morgan fingerprint density at radius 1 is 1.03 bits per heavy atom. The van der Waals surface area contributed by atoms with Crippen molar-refractivity contribution in [3.63, 3.8) is 0 Å². The van der Waals surface area contributed by atoms with Crippen LogP contribution in [0.15, 0.2) is 54.9 Å². The van der Waals surface area contributed by atoms with Gasteiger partial charge in [0.05, 0.1) is 24.0 Å². The van der Waals surface area contributed by atoms with Crippen LogP contribution in [0.4, 0.5) is 0 Å². The third-order valence-electron chi connectivity index (χ3n) is 5.46. The summed E-state index contributed by atoms with van der Waals surface area (Å²) >= 11 is 0. The molecule has 6 nitrogen and oxygen atoms in total. The first-order valence-electron chi connectivity index (χ1n) is 10.3. The van der Waals surface area contributed by atoms with E-state index in [9.17, 15) is 4.79 Å². The molecular formula is C23H28N4O2. The fourth-order valence-electron chi connectivity index (χ4n) is 3.83. The minimum absolute atomic E-state index is 0.225. The van der Waals surface area contributed by atoms with Gasteiger partial charge >= 0.3 is 0 Å². The average molecular weight is 393 g/mol. The Morgan fingerprint density at radius 3 is 2.55 bits per heavy atom. The predicted octanol–water partition coefficient (Wildman–Crippen LogP) is 3.17. The minimum atomic E-state index is 0.225. The van der Waals surface area contributed by atoms with Crippen molar-refractivity contribution in [2.45, 2.75) is 26.4 Å². The second-order valence-corrected chi connectivity index (χ2v) is 7.41. The van der Waals surface area contributed by atoms with Gasteiger partial charge in [0, 0.05) is 45.7 Å². The average Bonchev–Trinajstić information content (AvgIpc) is 3.17. The van der Waals surface area contributed by atoms with Crippen molar-refractivity contribution in [2.24, 2.45) is 0 Å². The van der Waals surface area contributed by atoms with Crippen LogP contribution < -0.4 is 4.74 Å². The highest BCUT2D eigenvalue weighted by molar-refractivity contribution is 5.77. The molecule has 3 aromatic rings. The number of imidazole rings is 1. The molecule has 29 heavy (non-hydrogen) atoms. The molecular weight excluding hydrogens is 364 g/mol. The fourth-order valence-corrected chi connectivity index (χ4v) is 3.83. The number of aromatic nitrogens is 2. The van der Waals surface area contributed by atoms with Gasteiger partial charge in [-0.1, -0.05) is 24.3 Å². The normalized spacial score (nSPS) is 15.0. The van der Waals surface area contributed by atoms with Crippen LogP contribution in [0.3, 0.4) is 0 Å². The molecule has 152 valence electrons. The van der Waals surface area contributed by atoms with E-state index in [4.69, 9.17) is 4.74 Å². The Balaban J connectivity index is 1.24. The molecule has 0 atom stereocenters. The summed E-state index contributed by atoms with van der Waals surface area (Å²) in [5, 5.41) is 0. The van der Waals surface area contributed by atoms with Crippen LogP contribution in [-0.2, 0) is 17.9 Å². The number of benzene rings is 2. The molecule has 1 fully saturated rings. The first-order valence-corrected chi connectivity index (χ1v) is 10.3. The lowest BCUT2D eigenvalue weighted by Gasteiger charge is -2.35. The summed E-state index contributed by atoms with van der Waals surface area (Å²) in [4.78, 5) is 21.5. The second kappa shape index (κ2) is 9.09. The van der Waals surface area contributed by atoms with Crippen LogP contribution in [-0.4, -0.2) is 58.0 Å². The first-order chi connectivity index (χ1) is 14.2. The molecule has 1 aromatic heterocycles. The van der Waals surface area contributed by atoms with Gasteiger partial charge in [0.2, 0.25) is 5.91 Å². The summed E-state index contributed by atoms with van der Waals surface area (Å²) in [6.07, 6.45) is 2.34. The lowest BCUT2D eigenvalue weighted by Crippen LogP contribution is -2.48. The minimum Gasteiger partial charge on any atom is -0.494 e. The summed E-state index contributed by atoms with van der Waals surface area (Å²) in [5.41, 5.74) is 3.34. The van der Waals surface area contributed by atoms with E-state index in [0.29, 0.717) is 19.6 Å².